The molecule has 5 nitrogen and oxygen atoms in total. The number of nitrogens with one attached hydrogen (secondary N) is 1. The molecule has 0 unspecified atom stereocenters. The molecule has 0 radical (unpaired) electrons. The van der Waals surface area contributed by atoms with E-state index >= 15 is 0 Å². The van der Waals surface area contributed by atoms with E-state index in [1.165, 1.54) is 17.8 Å². The van der Waals surface area contributed by atoms with Gasteiger partial charge in [0.25, 0.3) is 0 Å². The third kappa shape index (κ3) is 3.07. The highest BCUT2D eigenvalue weighted by Crippen LogP contribution is 2.47. The average Bonchev–Trinajstić information content (AvgIpc) is 2.82. The Balaban J connectivity index is 1.49. The number of aromatic nitrogens is 2. The first-order valence-electron chi connectivity index (χ1n) is 6.80. The first-order chi connectivity index (χ1) is 9.61. The van der Waals surface area contributed by atoms with E-state index in [0.29, 0.717) is 23.9 Å². The van der Waals surface area contributed by atoms with Crippen molar-refractivity contribution < 1.29 is 9.21 Å². The summed E-state index contributed by atoms with van der Waals surface area (Å²) in [6, 6.07) is 4.01. The maximum absolute atomic E-state index is 11.8. The second-order valence-electron chi connectivity index (χ2n) is 5.30. The monoisotopic (exact) mass is 291 g/mol. The van der Waals surface area contributed by atoms with Gasteiger partial charge in [0.2, 0.25) is 11.0 Å². The lowest BCUT2D eigenvalue weighted by Gasteiger charge is -1.99. The number of nitrogens with zero attached hydrogens (tertiary/aromatic N) is 2. The fourth-order valence-electron chi connectivity index (χ4n) is 2.21. The lowest BCUT2D eigenvalue weighted by Crippen LogP contribution is -2.11. The van der Waals surface area contributed by atoms with Crippen LogP contribution in [-0.4, -0.2) is 16.1 Å². The Labute approximate surface area is 121 Å². The van der Waals surface area contributed by atoms with Gasteiger partial charge in [-0.15, -0.1) is 10.2 Å². The number of furan rings is 1. The smallest absolute Gasteiger partial charge is 0.226 e. The normalized spacial score (nSPS) is 20.9. The molecule has 1 aliphatic carbocycles. The topological polar surface area (TPSA) is 68.0 Å². The van der Waals surface area contributed by atoms with Crippen LogP contribution >= 0.6 is 11.3 Å². The van der Waals surface area contributed by atoms with Crippen LogP contribution in [-0.2, 0) is 11.2 Å². The molecular formula is C14H17N3O2S. The molecule has 2 aromatic heterocycles. The van der Waals surface area contributed by atoms with Gasteiger partial charge in [0.05, 0.1) is 0 Å². The minimum Gasteiger partial charge on any atom is -0.466 e. The highest BCUT2D eigenvalue weighted by atomic mass is 32.1. The Kier molecular flexibility index (Phi) is 3.56. The van der Waals surface area contributed by atoms with Crippen molar-refractivity contribution in [2.75, 3.05) is 5.32 Å². The van der Waals surface area contributed by atoms with Crippen LogP contribution in [0.2, 0.25) is 0 Å². The van der Waals surface area contributed by atoms with Crippen molar-refractivity contribution >= 4 is 22.4 Å². The number of aryl methyl sites for hydroxylation is 2. The van der Waals surface area contributed by atoms with Crippen molar-refractivity contribution in [2.45, 2.75) is 39.0 Å². The molecule has 2 heterocycles. The molecule has 0 aromatic carbocycles. The Morgan fingerprint density at radius 1 is 1.50 bits per heavy atom. The summed E-state index contributed by atoms with van der Waals surface area (Å²) in [6.45, 7) is 4.08. The van der Waals surface area contributed by atoms with Gasteiger partial charge in [0, 0.05) is 18.8 Å². The minimum absolute atomic E-state index is 0.0566. The second kappa shape index (κ2) is 5.36. The van der Waals surface area contributed by atoms with E-state index in [-0.39, 0.29) is 5.91 Å². The third-order valence-corrected chi connectivity index (χ3v) is 4.28. The maximum Gasteiger partial charge on any atom is 0.226 e. The number of carbonyl (C=O) groups is 1. The Morgan fingerprint density at radius 2 is 2.30 bits per heavy atom. The van der Waals surface area contributed by atoms with Gasteiger partial charge >= 0.3 is 0 Å². The maximum atomic E-state index is 11.8. The van der Waals surface area contributed by atoms with Crippen LogP contribution in [0.1, 0.15) is 42.2 Å². The van der Waals surface area contributed by atoms with E-state index < -0.39 is 0 Å². The first kappa shape index (κ1) is 13.3. The quantitative estimate of drug-likeness (QED) is 0.919. The summed E-state index contributed by atoms with van der Waals surface area (Å²) in [5, 5.41) is 11.9. The number of anilines is 1. The largest absolute Gasteiger partial charge is 0.466 e. The van der Waals surface area contributed by atoms with Crippen LogP contribution in [0, 0.1) is 12.8 Å². The summed E-state index contributed by atoms with van der Waals surface area (Å²) >= 11 is 1.38. The Morgan fingerprint density at radius 3 is 2.95 bits per heavy atom. The number of amides is 1. The summed E-state index contributed by atoms with van der Waals surface area (Å²) in [7, 11) is 0. The fourth-order valence-corrected chi connectivity index (χ4v) is 2.82. The summed E-state index contributed by atoms with van der Waals surface area (Å²) in [5.41, 5.74) is 0. The zero-order chi connectivity index (χ0) is 14.1. The lowest BCUT2D eigenvalue weighted by molar-refractivity contribution is -0.116. The molecule has 0 spiro atoms. The highest BCUT2D eigenvalue weighted by molar-refractivity contribution is 7.15. The van der Waals surface area contributed by atoms with E-state index in [4.69, 9.17) is 4.42 Å². The molecule has 6 heteroatoms. The number of rotatable bonds is 5. The van der Waals surface area contributed by atoms with E-state index in [0.717, 1.165) is 22.4 Å². The van der Waals surface area contributed by atoms with Gasteiger partial charge in [0.15, 0.2) is 0 Å². The van der Waals surface area contributed by atoms with Crippen molar-refractivity contribution in [3.8, 4) is 0 Å². The van der Waals surface area contributed by atoms with Crippen molar-refractivity contribution in [1.29, 1.82) is 0 Å². The van der Waals surface area contributed by atoms with E-state index in [1.54, 1.807) is 0 Å². The van der Waals surface area contributed by atoms with E-state index in [2.05, 4.69) is 22.4 Å². The molecule has 3 rings (SSSR count). The van der Waals surface area contributed by atoms with E-state index in [1.807, 2.05) is 19.1 Å². The van der Waals surface area contributed by atoms with Crippen LogP contribution in [0.3, 0.4) is 0 Å². The van der Waals surface area contributed by atoms with Crippen molar-refractivity contribution in [3.63, 3.8) is 0 Å². The Hall–Kier alpha value is -1.69. The predicted molar refractivity (Wildman–Crippen MR) is 76.8 cm³/mol. The molecule has 0 saturated heterocycles. The predicted octanol–water partition coefficient (Wildman–Crippen LogP) is 3.13. The van der Waals surface area contributed by atoms with Gasteiger partial charge in [-0.25, -0.2) is 0 Å². The van der Waals surface area contributed by atoms with Crippen LogP contribution in [0.15, 0.2) is 16.5 Å². The summed E-state index contributed by atoms with van der Waals surface area (Å²) in [4.78, 5) is 11.8. The molecule has 1 saturated carbocycles. The van der Waals surface area contributed by atoms with Gasteiger partial charge in [-0.2, -0.15) is 0 Å². The van der Waals surface area contributed by atoms with Crippen LogP contribution < -0.4 is 5.32 Å². The van der Waals surface area contributed by atoms with Crippen LogP contribution in [0.25, 0.3) is 0 Å². The van der Waals surface area contributed by atoms with Crippen LogP contribution in [0.4, 0.5) is 5.13 Å². The van der Waals surface area contributed by atoms with Gasteiger partial charge < -0.3 is 9.73 Å². The Bertz CT molecular complexity index is 619. The van der Waals surface area contributed by atoms with Crippen molar-refractivity contribution in [3.05, 3.63) is 28.7 Å². The molecule has 20 heavy (non-hydrogen) atoms. The molecule has 106 valence electrons. The van der Waals surface area contributed by atoms with Gasteiger partial charge in [0.1, 0.15) is 16.5 Å². The molecule has 1 N–H and O–H groups in total. The second-order valence-corrected chi connectivity index (χ2v) is 6.48. The number of hydrogen-bond acceptors (Lipinski definition) is 5. The van der Waals surface area contributed by atoms with Crippen molar-refractivity contribution in [2.24, 2.45) is 5.92 Å². The zero-order valence-electron chi connectivity index (χ0n) is 11.5. The van der Waals surface area contributed by atoms with Gasteiger partial charge in [-0.3, -0.25) is 4.79 Å². The van der Waals surface area contributed by atoms with E-state index in [9.17, 15) is 4.79 Å². The average molecular weight is 291 g/mol. The van der Waals surface area contributed by atoms with Gasteiger partial charge in [-0.05, 0) is 31.4 Å². The first-order valence-corrected chi connectivity index (χ1v) is 7.62. The summed E-state index contributed by atoms with van der Waals surface area (Å²) in [6.07, 6.45) is 2.22. The van der Waals surface area contributed by atoms with Crippen molar-refractivity contribution in [1.82, 2.24) is 10.2 Å². The molecule has 1 amide bonds. The highest BCUT2D eigenvalue weighted by Gasteiger charge is 2.36. The van der Waals surface area contributed by atoms with Crippen LogP contribution in [0.5, 0.6) is 0 Å². The molecule has 2 aromatic rings. The standard InChI is InChI=1S/C14H17N3O2S/c1-8-7-11(8)12-5-3-10(19-12)4-6-13(18)15-14-17-16-9(2)20-14/h3,5,8,11H,4,6-7H2,1-2H3,(H,15,17,18)/t8-,11+/m0/s1. The molecular weight excluding hydrogens is 274 g/mol. The molecule has 1 aliphatic rings. The minimum atomic E-state index is -0.0566. The zero-order valence-corrected chi connectivity index (χ0v) is 12.4. The number of hydrogen-bond donors (Lipinski definition) is 1. The number of carbonyl (C=O) groups excluding carboxylic acids is 1. The lowest BCUT2D eigenvalue weighted by atomic mass is 10.2. The molecule has 0 aliphatic heterocycles. The van der Waals surface area contributed by atoms with Gasteiger partial charge in [-0.1, -0.05) is 18.3 Å². The molecule has 0 bridgehead atoms. The fraction of sp³-hybridized carbons (Fsp3) is 0.500. The SMILES string of the molecule is Cc1nnc(NC(=O)CCc2ccc([C@@H]3C[C@@H]3C)o2)s1. The molecule has 1 fully saturated rings. The molecule has 2 atom stereocenters. The summed E-state index contributed by atoms with van der Waals surface area (Å²) < 4.78 is 5.78. The third-order valence-electron chi connectivity index (χ3n) is 3.53. The summed E-state index contributed by atoms with van der Waals surface area (Å²) in [5.74, 6) is 3.20.